The lowest BCUT2D eigenvalue weighted by molar-refractivity contribution is 0.162. The van der Waals surface area contributed by atoms with Crippen molar-refractivity contribution >= 4 is 11.3 Å². The smallest absolute Gasteiger partial charge is 0.110 e. The van der Waals surface area contributed by atoms with Crippen molar-refractivity contribution < 1.29 is 5.11 Å². The minimum Gasteiger partial charge on any atom is -0.393 e. The molecule has 1 aromatic rings. The first kappa shape index (κ1) is 14.0. The van der Waals surface area contributed by atoms with Gasteiger partial charge >= 0.3 is 0 Å². The summed E-state index contributed by atoms with van der Waals surface area (Å²) in [6, 6.07) is 0.331. The van der Waals surface area contributed by atoms with E-state index in [2.05, 4.69) is 19.2 Å². The van der Waals surface area contributed by atoms with Crippen molar-refractivity contribution in [2.24, 2.45) is 5.92 Å². The van der Waals surface area contributed by atoms with Gasteiger partial charge in [-0.1, -0.05) is 6.92 Å². The SMILES string of the molecule is CC(O)CC(C)CNC(C)c1nc2c(s1)CCC2. The number of aliphatic hydroxyl groups is 1. The number of hydrogen-bond acceptors (Lipinski definition) is 4. The third-order valence-corrected chi connectivity index (χ3v) is 4.84. The molecule has 3 unspecified atom stereocenters. The van der Waals surface area contributed by atoms with Crippen LogP contribution >= 0.6 is 11.3 Å². The molecule has 2 N–H and O–H groups in total. The van der Waals surface area contributed by atoms with Gasteiger partial charge in [-0.3, -0.25) is 0 Å². The summed E-state index contributed by atoms with van der Waals surface area (Å²) >= 11 is 1.87. The Labute approximate surface area is 114 Å². The molecule has 1 aliphatic rings. The zero-order valence-corrected chi connectivity index (χ0v) is 12.4. The molecule has 0 aromatic carbocycles. The van der Waals surface area contributed by atoms with Gasteiger partial charge in [0.25, 0.3) is 0 Å². The fourth-order valence-corrected chi connectivity index (χ4v) is 3.71. The molecule has 3 atom stereocenters. The van der Waals surface area contributed by atoms with Crippen molar-refractivity contribution in [3.8, 4) is 0 Å². The summed E-state index contributed by atoms with van der Waals surface area (Å²) in [5.41, 5.74) is 1.33. The Morgan fingerprint density at radius 1 is 1.33 bits per heavy atom. The lowest BCUT2D eigenvalue weighted by Crippen LogP contribution is -2.26. The first-order chi connectivity index (χ1) is 8.56. The Morgan fingerprint density at radius 2 is 2.11 bits per heavy atom. The highest BCUT2D eigenvalue weighted by Crippen LogP contribution is 2.30. The Hall–Kier alpha value is -0.450. The summed E-state index contributed by atoms with van der Waals surface area (Å²) < 4.78 is 0. The highest BCUT2D eigenvalue weighted by molar-refractivity contribution is 7.11. The molecule has 0 aliphatic heterocycles. The number of aryl methyl sites for hydroxylation is 2. The molecule has 1 aromatic heterocycles. The fourth-order valence-electron chi connectivity index (χ4n) is 2.53. The van der Waals surface area contributed by atoms with Crippen LogP contribution in [0.15, 0.2) is 0 Å². The van der Waals surface area contributed by atoms with Crippen LogP contribution in [-0.2, 0) is 12.8 Å². The number of hydrogen-bond donors (Lipinski definition) is 2. The van der Waals surface area contributed by atoms with Crippen molar-refractivity contribution in [1.29, 1.82) is 0 Å². The molecule has 0 amide bonds. The molecule has 18 heavy (non-hydrogen) atoms. The summed E-state index contributed by atoms with van der Waals surface area (Å²) in [4.78, 5) is 6.23. The highest BCUT2D eigenvalue weighted by Gasteiger charge is 2.19. The maximum atomic E-state index is 9.35. The van der Waals surface area contributed by atoms with Gasteiger partial charge in [-0.2, -0.15) is 0 Å². The van der Waals surface area contributed by atoms with Crippen molar-refractivity contribution in [2.45, 2.75) is 58.6 Å². The topological polar surface area (TPSA) is 45.1 Å². The molecule has 0 saturated carbocycles. The Kier molecular flexibility index (Phi) is 4.76. The van der Waals surface area contributed by atoms with Gasteiger partial charge in [-0.05, 0) is 52.0 Å². The van der Waals surface area contributed by atoms with Crippen LogP contribution in [0.4, 0.5) is 0 Å². The Bertz CT molecular complexity index is 368. The minimum atomic E-state index is -0.208. The molecular formula is C14H24N2OS. The van der Waals surface area contributed by atoms with Gasteiger partial charge in [-0.25, -0.2) is 4.98 Å². The molecule has 3 nitrogen and oxygen atoms in total. The van der Waals surface area contributed by atoms with E-state index in [1.807, 2.05) is 18.3 Å². The van der Waals surface area contributed by atoms with Gasteiger partial charge in [0.15, 0.2) is 0 Å². The van der Waals surface area contributed by atoms with Gasteiger partial charge in [0.1, 0.15) is 5.01 Å². The standard InChI is InChI=1S/C14H24N2OS/c1-9(7-10(2)17)8-15-11(3)14-16-12-5-4-6-13(12)18-14/h9-11,15,17H,4-8H2,1-3H3. The molecule has 0 bridgehead atoms. The summed E-state index contributed by atoms with van der Waals surface area (Å²) in [5, 5.41) is 14.1. The van der Waals surface area contributed by atoms with Gasteiger partial charge in [0, 0.05) is 4.88 Å². The number of thiazole rings is 1. The third-order valence-electron chi connectivity index (χ3n) is 3.50. The summed E-state index contributed by atoms with van der Waals surface area (Å²) in [6.07, 6.45) is 4.31. The van der Waals surface area contributed by atoms with Gasteiger partial charge in [-0.15, -0.1) is 11.3 Å². The normalized spacial score (nSPS) is 19.6. The lowest BCUT2D eigenvalue weighted by Gasteiger charge is -2.17. The van der Waals surface area contributed by atoms with Crippen LogP contribution in [0.2, 0.25) is 0 Å². The summed E-state index contributed by atoms with van der Waals surface area (Å²) in [7, 11) is 0. The quantitative estimate of drug-likeness (QED) is 0.834. The third kappa shape index (κ3) is 3.53. The van der Waals surface area contributed by atoms with E-state index in [0.29, 0.717) is 12.0 Å². The van der Waals surface area contributed by atoms with Gasteiger partial charge in [0.2, 0.25) is 0 Å². The molecule has 4 heteroatoms. The van der Waals surface area contributed by atoms with Crippen LogP contribution in [0.25, 0.3) is 0 Å². The number of nitrogens with zero attached hydrogens (tertiary/aromatic N) is 1. The van der Waals surface area contributed by atoms with Crippen LogP contribution in [0, 0.1) is 5.92 Å². The number of aliphatic hydroxyl groups excluding tert-OH is 1. The second kappa shape index (κ2) is 6.13. The Balaban J connectivity index is 1.82. The molecule has 0 saturated heterocycles. The van der Waals surface area contributed by atoms with E-state index < -0.39 is 0 Å². The van der Waals surface area contributed by atoms with Crippen molar-refractivity contribution in [2.75, 3.05) is 6.54 Å². The van der Waals surface area contributed by atoms with Gasteiger partial charge < -0.3 is 10.4 Å². The molecular weight excluding hydrogens is 244 g/mol. The largest absolute Gasteiger partial charge is 0.393 e. The number of nitrogens with one attached hydrogen (secondary N) is 1. The molecule has 1 aliphatic carbocycles. The minimum absolute atomic E-state index is 0.208. The number of rotatable bonds is 6. The number of aromatic nitrogens is 1. The monoisotopic (exact) mass is 268 g/mol. The molecule has 0 fully saturated rings. The van der Waals surface area contributed by atoms with E-state index >= 15 is 0 Å². The highest BCUT2D eigenvalue weighted by atomic mass is 32.1. The van der Waals surface area contributed by atoms with Crippen molar-refractivity contribution in [1.82, 2.24) is 10.3 Å². The molecule has 2 rings (SSSR count). The summed E-state index contributed by atoms with van der Waals surface area (Å²) in [6.45, 7) is 7.15. The first-order valence-corrected chi connectivity index (χ1v) is 7.77. The summed E-state index contributed by atoms with van der Waals surface area (Å²) in [5.74, 6) is 0.499. The van der Waals surface area contributed by atoms with E-state index in [1.165, 1.54) is 28.4 Å². The van der Waals surface area contributed by atoms with Crippen LogP contribution < -0.4 is 5.32 Å². The average Bonchev–Trinajstić information content (AvgIpc) is 2.84. The average molecular weight is 268 g/mol. The predicted octanol–water partition coefficient (Wildman–Crippen LogP) is 2.69. The predicted molar refractivity (Wildman–Crippen MR) is 76.0 cm³/mol. The molecule has 1 heterocycles. The zero-order valence-electron chi connectivity index (χ0n) is 11.6. The molecule has 0 radical (unpaired) electrons. The lowest BCUT2D eigenvalue weighted by atomic mass is 10.0. The van der Waals surface area contributed by atoms with Crippen LogP contribution in [0.3, 0.4) is 0 Å². The van der Waals surface area contributed by atoms with E-state index in [-0.39, 0.29) is 6.10 Å². The number of fused-ring (bicyclic) bond motifs is 1. The van der Waals surface area contributed by atoms with Crippen LogP contribution in [-0.4, -0.2) is 22.7 Å². The van der Waals surface area contributed by atoms with E-state index in [4.69, 9.17) is 4.98 Å². The second-order valence-corrected chi connectivity index (χ2v) is 6.71. The first-order valence-electron chi connectivity index (χ1n) is 6.96. The zero-order chi connectivity index (χ0) is 13.1. The van der Waals surface area contributed by atoms with Crippen LogP contribution in [0.1, 0.15) is 55.2 Å². The van der Waals surface area contributed by atoms with E-state index in [9.17, 15) is 5.11 Å². The molecule has 0 spiro atoms. The van der Waals surface area contributed by atoms with Crippen molar-refractivity contribution in [3.05, 3.63) is 15.6 Å². The van der Waals surface area contributed by atoms with Gasteiger partial charge in [0.05, 0.1) is 17.8 Å². The fraction of sp³-hybridized carbons (Fsp3) is 0.786. The van der Waals surface area contributed by atoms with Crippen LogP contribution in [0.5, 0.6) is 0 Å². The molecule has 102 valence electrons. The van der Waals surface area contributed by atoms with Crippen molar-refractivity contribution in [3.63, 3.8) is 0 Å². The second-order valence-electron chi connectivity index (χ2n) is 5.60. The maximum absolute atomic E-state index is 9.35. The Morgan fingerprint density at radius 3 is 2.78 bits per heavy atom. The van der Waals surface area contributed by atoms with E-state index in [0.717, 1.165) is 19.4 Å². The maximum Gasteiger partial charge on any atom is 0.110 e. The van der Waals surface area contributed by atoms with E-state index in [1.54, 1.807) is 0 Å².